The van der Waals surface area contributed by atoms with Crippen LogP contribution in [0.1, 0.15) is 15.6 Å². The number of carbonyl (C=O) groups is 1. The average Bonchev–Trinajstić information content (AvgIpc) is 3.20. The summed E-state index contributed by atoms with van der Waals surface area (Å²) in [6.45, 7) is 0.445. The quantitative estimate of drug-likeness (QED) is 0.781. The Bertz CT molecular complexity index is 710. The molecular formula is C14H12N4O2S. The van der Waals surface area contributed by atoms with Crippen molar-refractivity contribution in [3.63, 3.8) is 0 Å². The number of nitrogens with one attached hydrogen (secondary N) is 1. The van der Waals surface area contributed by atoms with Crippen LogP contribution in [0.4, 0.5) is 0 Å². The standard InChI is InChI=1S/C14H12N4O2S/c19-14(11-5-3-9-21-11)16-8-6-12-17-13(18-20-12)10-4-1-2-7-15-10/h1-5,7,9H,6,8H2,(H,16,19). The predicted octanol–water partition coefficient (Wildman–Crippen LogP) is 2.17. The summed E-state index contributed by atoms with van der Waals surface area (Å²) in [5, 5.41) is 8.55. The normalized spacial score (nSPS) is 10.5. The van der Waals surface area contributed by atoms with E-state index in [2.05, 4.69) is 20.4 Å². The van der Waals surface area contributed by atoms with Crippen molar-refractivity contribution < 1.29 is 9.32 Å². The van der Waals surface area contributed by atoms with Crippen LogP contribution in [0.25, 0.3) is 11.5 Å². The summed E-state index contributed by atoms with van der Waals surface area (Å²) in [7, 11) is 0. The van der Waals surface area contributed by atoms with Crippen molar-refractivity contribution in [2.45, 2.75) is 6.42 Å². The van der Waals surface area contributed by atoms with Gasteiger partial charge in [-0.05, 0) is 23.6 Å². The Morgan fingerprint density at radius 3 is 3.00 bits per heavy atom. The van der Waals surface area contributed by atoms with Gasteiger partial charge in [0.05, 0.1) is 4.88 Å². The third kappa shape index (κ3) is 3.32. The Morgan fingerprint density at radius 2 is 2.24 bits per heavy atom. The molecule has 0 unspecified atom stereocenters. The first kappa shape index (κ1) is 13.4. The summed E-state index contributed by atoms with van der Waals surface area (Å²) in [6, 6.07) is 9.13. The van der Waals surface area contributed by atoms with Crippen LogP contribution in [0.5, 0.6) is 0 Å². The smallest absolute Gasteiger partial charge is 0.261 e. The van der Waals surface area contributed by atoms with Gasteiger partial charge in [0, 0.05) is 19.2 Å². The molecule has 21 heavy (non-hydrogen) atoms. The summed E-state index contributed by atoms with van der Waals surface area (Å²) in [6.07, 6.45) is 2.16. The van der Waals surface area contributed by atoms with Gasteiger partial charge in [0.1, 0.15) is 5.69 Å². The maximum atomic E-state index is 11.7. The first-order valence-electron chi connectivity index (χ1n) is 6.38. The molecule has 1 amide bonds. The fourth-order valence-corrected chi connectivity index (χ4v) is 2.37. The van der Waals surface area contributed by atoms with E-state index in [0.29, 0.717) is 35.3 Å². The number of hydrogen-bond donors (Lipinski definition) is 1. The molecule has 0 atom stereocenters. The zero-order valence-corrected chi connectivity index (χ0v) is 11.8. The average molecular weight is 300 g/mol. The number of hydrogen-bond acceptors (Lipinski definition) is 6. The molecule has 0 radical (unpaired) electrons. The lowest BCUT2D eigenvalue weighted by atomic mass is 10.3. The van der Waals surface area contributed by atoms with Crippen LogP contribution >= 0.6 is 11.3 Å². The number of rotatable bonds is 5. The van der Waals surface area contributed by atoms with E-state index in [0.717, 1.165) is 0 Å². The molecule has 6 nitrogen and oxygen atoms in total. The van der Waals surface area contributed by atoms with Crippen molar-refractivity contribution in [3.8, 4) is 11.5 Å². The van der Waals surface area contributed by atoms with E-state index >= 15 is 0 Å². The van der Waals surface area contributed by atoms with Crippen LogP contribution in [0, 0.1) is 0 Å². The largest absolute Gasteiger partial charge is 0.351 e. The van der Waals surface area contributed by atoms with Crippen LogP contribution in [0.2, 0.25) is 0 Å². The van der Waals surface area contributed by atoms with E-state index in [1.165, 1.54) is 11.3 Å². The Morgan fingerprint density at radius 1 is 1.29 bits per heavy atom. The van der Waals surface area contributed by atoms with Gasteiger partial charge in [-0.2, -0.15) is 4.98 Å². The fourth-order valence-electron chi connectivity index (χ4n) is 1.73. The predicted molar refractivity (Wildman–Crippen MR) is 77.9 cm³/mol. The molecule has 0 bridgehead atoms. The minimum absolute atomic E-state index is 0.0885. The van der Waals surface area contributed by atoms with Crippen LogP contribution in [0.3, 0.4) is 0 Å². The van der Waals surface area contributed by atoms with Crippen molar-refractivity contribution in [2.75, 3.05) is 6.54 Å². The highest BCUT2D eigenvalue weighted by Gasteiger charge is 2.10. The van der Waals surface area contributed by atoms with Crippen LogP contribution < -0.4 is 5.32 Å². The Hall–Kier alpha value is -2.54. The van der Waals surface area contributed by atoms with Crippen molar-refractivity contribution in [2.24, 2.45) is 0 Å². The van der Waals surface area contributed by atoms with E-state index in [1.807, 2.05) is 29.6 Å². The second-order valence-corrected chi connectivity index (χ2v) is 5.16. The summed E-state index contributed by atoms with van der Waals surface area (Å²) >= 11 is 1.41. The Balaban J connectivity index is 1.55. The zero-order chi connectivity index (χ0) is 14.5. The van der Waals surface area contributed by atoms with E-state index in [-0.39, 0.29) is 5.91 Å². The minimum atomic E-state index is -0.0885. The monoisotopic (exact) mass is 300 g/mol. The van der Waals surface area contributed by atoms with Gasteiger partial charge in [-0.1, -0.05) is 17.3 Å². The lowest BCUT2D eigenvalue weighted by Crippen LogP contribution is -2.24. The molecule has 0 aliphatic rings. The highest BCUT2D eigenvalue weighted by molar-refractivity contribution is 7.12. The van der Waals surface area contributed by atoms with E-state index in [9.17, 15) is 4.79 Å². The molecule has 3 rings (SSSR count). The van der Waals surface area contributed by atoms with Crippen molar-refractivity contribution in [3.05, 3.63) is 52.7 Å². The molecule has 106 valence electrons. The lowest BCUT2D eigenvalue weighted by molar-refractivity contribution is 0.0957. The van der Waals surface area contributed by atoms with Crippen molar-refractivity contribution >= 4 is 17.2 Å². The minimum Gasteiger partial charge on any atom is -0.351 e. The molecule has 0 saturated carbocycles. The number of pyridine rings is 1. The second-order valence-electron chi connectivity index (χ2n) is 4.21. The third-order valence-corrected chi connectivity index (χ3v) is 3.60. The third-order valence-electron chi connectivity index (χ3n) is 2.73. The van der Waals surface area contributed by atoms with Gasteiger partial charge in [0.25, 0.3) is 5.91 Å². The molecule has 3 aromatic heterocycles. The molecule has 0 aliphatic heterocycles. The number of nitrogens with zero attached hydrogens (tertiary/aromatic N) is 3. The molecule has 0 aromatic carbocycles. The maximum Gasteiger partial charge on any atom is 0.261 e. The van der Waals surface area contributed by atoms with Gasteiger partial charge in [-0.25, -0.2) is 0 Å². The lowest BCUT2D eigenvalue weighted by Gasteiger charge is -2.00. The van der Waals surface area contributed by atoms with Gasteiger partial charge in [-0.3, -0.25) is 9.78 Å². The Labute approximate surface area is 124 Å². The summed E-state index contributed by atoms with van der Waals surface area (Å²) in [5.74, 6) is 0.840. The number of thiophene rings is 1. The van der Waals surface area contributed by atoms with Gasteiger partial charge >= 0.3 is 0 Å². The number of amides is 1. The molecule has 3 heterocycles. The topological polar surface area (TPSA) is 80.9 Å². The molecule has 7 heteroatoms. The Kier molecular flexibility index (Phi) is 4.02. The summed E-state index contributed by atoms with van der Waals surface area (Å²) < 4.78 is 5.14. The van der Waals surface area contributed by atoms with Crippen LogP contribution in [-0.2, 0) is 6.42 Å². The molecule has 0 spiro atoms. The summed E-state index contributed by atoms with van der Waals surface area (Å²) in [5.41, 5.74) is 0.662. The highest BCUT2D eigenvalue weighted by Crippen LogP contribution is 2.12. The molecular weight excluding hydrogens is 288 g/mol. The first-order chi connectivity index (χ1) is 10.3. The zero-order valence-electron chi connectivity index (χ0n) is 11.0. The van der Waals surface area contributed by atoms with Gasteiger partial charge in [-0.15, -0.1) is 11.3 Å². The van der Waals surface area contributed by atoms with Gasteiger partial charge < -0.3 is 9.84 Å². The number of carbonyl (C=O) groups excluding carboxylic acids is 1. The highest BCUT2D eigenvalue weighted by atomic mass is 32.1. The molecule has 1 N–H and O–H groups in total. The fraction of sp³-hybridized carbons (Fsp3) is 0.143. The molecule has 0 saturated heterocycles. The number of aromatic nitrogens is 3. The SMILES string of the molecule is O=C(NCCc1nc(-c2ccccn2)no1)c1cccs1. The molecule has 0 fully saturated rings. The molecule has 3 aromatic rings. The van der Waals surface area contributed by atoms with Crippen molar-refractivity contribution in [1.82, 2.24) is 20.4 Å². The first-order valence-corrected chi connectivity index (χ1v) is 7.26. The van der Waals surface area contributed by atoms with Gasteiger partial charge in [0.15, 0.2) is 0 Å². The van der Waals surface area contributed by atoms with Crippen LogP contribution in [-0.4, -0.2) is 27.6 Å². The van der Waals surface area contributed by atoms with E-state index in [4.69, 9.17) is 4.52 Å². The van der Waals surface area contributed by atoms with E-state index < -0.39 is 0 Å². The second kappa shape index (κ2) is 6.27. The van der Waals surface area contributed by atoms with Crippen LogP contribution in [0.15, 0.2) is 46.4 Å². The molecule has 0 aliphatic carbocycles. The summed E-state index contributed by atoms with van der Waals surface area (Å²) in [4.78, 5) is 20.8. The van der Waals surface area contributed by atoms with Gasteiger partial charge in [0.2, 0.25) is 11.7 Å². The van der Waals surface area contributed by atoms with E-state index in [1.54, 1.807) is 12.3 Å². The van der Waals surface area contributed by atoms with Crippen molar-refractivity contribution in [1.29, 1.82) is 0 Å². The maximum absolute atomic E-state index is 11.7.